The van der Waals surface area contributed by atoms with Gasteiger partial charge in [0, 0.05) is 25.8 Å². The normalized spacial score (nSPS) is 15.8. The lowest BCUT2D eigenvalue weighted by atomic mass is 10.3. The average molecular weight is 472 g/mol. The Hall–Kier alpha value is -2.12. The monoisotopic (exact) mass is 471 g/mol. The van der Waals surface area contributed by atoms with Gasteiger partial charge in [0.25, 0.3) is 0 Å². The second-order valence-corrected chi connectivity index (χ2v) is 9.69. The van der Waals surface area contributed by atoms with Crippen LogP contribution in [0.4, 0.5) is 0 Å². The number of nitrogens with one attached hydrogen (secondary N) is 1. The van der Waals surface area contributed by atoms with Crippen LogP contribution in [0.3, 0.4) is 0 Å². The number of unbranched alkanes of at least 4 members (excludes halogenated alkanes) is 3. The third-order valence-corrected chi connectivity index (χ3v) is 6.68. The van der Waals surface area contributed by atoms with E-state index in [1.54, 1.807) is 0 Å². The van der Waals surface area contributed by atoms with E-state index < -0.39 is 0 Å². The minimum atomic E-state index is 1.04. The first kappa shape index (κ1) is 26.5. The zero-order valence-corrected chi connectivity index (χ0v) is 22.0. The highest BCUT2D eigenvalue weighted by Gasteiger charge is 2.14. The van der Waals surface area contributed by atoms with Gasteiger partial charge in [-0.15, -0.1) is 0 Å². The lowest BCUT2D eigenvalue weighted by Crippen LogP contribution is -3.05. The third kappa shape index (κ3) is 9.26. The van der Waals surface area contributed by atoms with Gasteiger partial charge < -0.3 is 9.80 Å². The van der Waals surface area contributed by atoms with Crippen molar-refractivity contribution in [1.29, 1.82) is 0 Å². The number of nitrogens with zero attached hydrogens (tertiary/aromatic N) is 6. The Kier molecular flexibility index (Phi) is 11.7. The van der Waals surface area contributed by atoms with Crippen LogP contribution in [-0.4, -0.2) is 51.7 Å². The molecule has 7 nitrogen and oxygen atoms in total. The highest BCUT2D eigenvalue weighted by Crippen LogP contribution is 2.00. The summed E-state index contributed by atoms with van der Waals surface area (Å²) in [6, 6.07) is 0. The van der Waals surface area contributed by atoms with Gasteiger partial charge in [0.05, 0.1) is 25.8 Å². The van der Waals surface area contributed by atoms with E-state index in [4.69, 9.17) is 0 Å². The summed E-state index contributed by atoms with van der Waals surface area (Å²) < 4.78 is 9.33. The number of aromatic nitrogens is 4. The topological polar surface area (TPSA) is 28.5 Å². The fraction of sp³-hybridized carbons (Fsp3) is 0.667. The zero-order valence-electron chi connectivity index (χ0n) is 22.0. The van der Waals surface area contributed by atoms with Crippen LogP contribution in [-0.2, 0) is 26.2 Å². The largest absolute Gasteiger partial charge is 0.471 e. The maximum absolute atomic E-state index is 2.64. The van der Waals surface area contributed by atoms with Crippen molar-refractivity contribution in [2.75, 3.05) is 32.7 Å². The number of aryl methyl sites for hydroxylation is 2. The molecule has 0 radical (unpaired) electrons. The summed E-state index contributed by atoms with van der Waals surface area (Å²) in [5, 5.41) is 0. The number of hydrogen-bond donors (Lipinski definition) is 1. The van der Waals surface area contributed by atoms with Crippen LogP contribution >= 0.6 is 0 Å². The molecular weight excluding hydrogens is 422 g/mol. The summed E-state index contributed by atoms with van der Waals surface area (Å²) in [6.07, 6.45) is 25.4. The molecule has 1 aliphatic rings. The third-order valence-electron chi connectivity index (χ3n) is 6.68. The van der Waals surface area contributed by atoms with E-state index in [2.05, 4.69) is 105 Å². The molecule has 2 aromatic rings. The first-order valence-electron chi connectivity index (χ1n) is 13.7. The van der Waals surface area contributed by atoms with Gasteiger partial charge in [-0.05, 0) is 32.5 Å². The van der Waals surface area contributed by atoms with Crippen molar-refractivity contribution in [1.82, 2.24) is 18.9 Å². The minimum absolute atomic E-state index is 1.04. The van der Waals surface area contributed by atoms with Gasteiger partial charge in [0.2, 0.25) is 12.7 Å². The molecular formula is C27H49N7+2. The first-order chi connectivity index (χ1) is 16.7. The van der Waals surface area contributed by atoms with Gasteiger partial charge in [-0.3, -0.25) is 4.90 Å². The van der Waals surface area contributed by atoms with Crippen LogP contribution in [0.15, 0.2) is 49.8 Å². The van der Waals surface area contributed by atoms with Crippen molar-refractivity contribution in [2.24, 2.45) is 0 Å². The lowest BCUT2D eigenvalue weighted by Gasteiger charge is -2.29. The molecule has 0 bridgehead atoms. The highest BCUT2D eigenvalue weighted by molar-refractivity contribution is 4.83. The average Bonchev–Trinajstić information content (AvgIpc) is 3.61. The van der Waals surface area contributed by atoms with Crippen molar-refractivity contribution in [3.8, 4) is 0 Å². The molecule has 0 aliphatic carbocycles. The Labute approximate surface area is 207 Å². The molecule has 2 aromatic heterocycles. The van der Waals surface area contributed by atoms with Crippen LogP contribution < -0.4 is 14.0 Å². The molecule has 7 heteroatoms. The predicted octanol–water partition coefficient (Wildman–Crippen LogP) is 2.06. The molecule has 0 saturated heterocycles. The van der Waals surface area contributed by atoms with E-state index >= 15 is 0 Å². The molecule has 0 fully saturated rings. The summed E-state index contributed by atoms with van der Waals surface area (Å²) in [4.78, 5) is 6.45. The van der Waals surface area contributed by atoms with E-state index in [-0.39, 0.29) is 0 Å². The molecule has 1 unspecified atom stereocenters. The number of imidazole rings is 2. The summed E-state index contributed by atoms with van der Waals surface area (Å²) in [5.74, 6) is 0. The van der Waals surface area contributed by atoms with Crippen LogP contribution in [0, 0.1) is 6.67 Å². The first-order valence-corrected chi connectivity index (χ1v) is 13.7. The van der Waals surface area contributed by atoms with Gasteiger partial charge in [0.1, 0.15) is 37.9 Å². The Morgan fingerprint density at radius 1 is 0.765 bits per heavy atom. The van der Waals surface area contributed by atoms with Crippen LogP contribution in [0.25, 0.3) is 0 Å². The second-order valence-electron chi connectivity index (χ2n) is 9.69. The molecule has 0 aromatic carbocycles. The molecule has 34 heavy (non-hydrogen) atoms. The van der Waals surface area contributed by atoms with Crippen LogP contribution in [0.5, 0.6) is 0 Å². The van der Waals surface area contributed by atoms with Gasteiger partial charge in [0.15, 0.2) is 0 Å². The highest BCUT2D eigenvalue weighted by atomic mass is 15.3. The summed E-state index contributed by atoms with van der Waals surface area (Å²) in [6.45, 7) is 18.9. The van der Waals surface area contributed by atoms with E-state index in [0.29, 0.717) is 0 Å². The van der Waals surface area contributed by atoms with E-state index in [1.165, 1.54) is 43.4 Å². The molecule has 0 saturated carbocycles. The Bertz CT molecular complexity index is 774. The molecule has 1 aliphatic heterocycles. The summed E-state index contributed by atoms with van der Waals surface area (Å²) >= 11 is 0. The Morgan fingerprint density at radius 2 is 1.35 bits per heavy atom. The maximum Gasteiger partial charge on any atom is 0.243 e. The lowest BCUT2D eigenvalue weighted by molar-refractivity contribution is -0.815. The van der Waals surface area contributed by atoms with Crippen molar-refractivity contribution in [3.05, 3.63) is 56.5 Å². The molecule has 0 amide bonds. The smallest absolute Gasteiger partial charge is 0.243 e. The van der Waals surface area contributed by atoms with Gasteiger partial charge in [-0.1, -0.05) is 40.0 Å². The maximum atomic E-state index is 2.64. The van der Waals surface area contributed by atoms with Crippen LogP contribution in [0.1, 0.15) is 59.3 Å². The Morgan fingerprint density at radius 3 is 1.91 bits per heavy atom. The molecule has 1 N–H and O–H groups in total. The van der Waals surface area contributed by atoms with Crippen molar-refractivity contribution < 1.29 is 14.0 Å². The SMILES string of the molecule is CCCCN1C=C[NH+](CCN(CCn2cc[n+](CCCC)c2)CCn2cc[n+](CCCC)c2)[CH-]1. The quantitative estimate of drug-likeness (QED) is 0.266. The van der Waals surface area contributed by atoms with E-state index in [9.17, 15) is 0 Å². The van der Waals surface area contributed by atoms with E-state index in [1.807, 2.05) is 0 Å². The molecule has 3 rings (SSSR count). The molecule has 190 valence electrons. The van der Waals surface area contributed by atoms with E-state index in [0.717, 1.165) is 58.9 Å². The van der Waals surface area contributed by atoms with Gasteiger partial charge in [-0.2, -0.15) is 0 Å². The second kappa shape index (κ2) is 15.0. The van der Waals surface area contributed by atoms with Crippen molar-refractivity contribution >= 4 is 0 Å². The van der Waals surface area contributed by atoms with Gasteiger partial charge in [-0.25, -0.2) is 18.3 Å². The minimum Gasteiger partial charge on any atom is -0.471 e. The number of quaternary nitrogens is 1. The van der Waals surface area contributed by atoms with Crippen molar-refractivity contribution in [3.63, 3.8) is 0 Å². The van der Waals surface area contributed by atoms with Crippen molar-refractivity contribution in [2.45, 2.75) is 85.5 Å². The number of hydrogen-bond acceptors (Lipinski definition) is 2. The standard InChI is InChI=1S/C27H49N7/c1-4-7-10-29-19-22-32(25-29)16-13-28(14-17-33-23-20-30(26-33)11-8-5-2)15-18-34-24-21-31(27-34)12-9-6-3/h19-27,32H,4-18H2,1-3H3/q+2. The fourth-order valence-corrected chi connectivity index (χ4v) is 4.34. The Balaban J connectivity index is 1.49. The molecule has 3 heterocycles. The molecule has 0 spiro atoms. The van der Waals surface area contributed by atoms with Gasteiger partial charge >= 0.3 is 0 Å². The fourth-order valence-electron chi connectivity index (χ4n) is 4.34. The predicted molar refractivity (Wildman–Crippen MR) is 136 cm³/mol. The summed E-state index contributed by atoms with van der Waals surface area (Å²) in [5.41, 5.74) is 0. The number of rotatable bonds is 18. The zero-order chi connectivity index (χ0) is 24.0. The summed E-state index contributed by atoms with van der Waals surface area (Å²) in [7, 11) is 0. The van der Waals surface area contributed by atoms with Crippen LogP contribution in [0.2, 0.25) is 0 Å². The molecule has 1 atom stereocenters.